The van der Waals surface area contributed by atoms with Gasteiger partial charge in [0.2, 0.25) is 0 Å². The molecule has 0 spiro atoms. The van der Waals surface area contributed by atoms with E-state index in [2.05, 4.69) is 10.0 Å². The molecule has 0 saturated carbocycles. The van der Waals surface area contributed by atoms with Gasteiger partial charge in [0.1, 0.15) is 11.5 Å². The second-order valence-corrected chi connectivity index (χ2v) is 8.98. The largest absolute Gasteiger partial charge is 0.494 e. The highest BCUT2D eigenvalue weighted by Crippen LogP contribution is 2.22. The third kappa shape index (κ3) is 6.49. The Kier molecular flexibility index (Phi) is 7.95. The van der Waals surface area contributed by atoms with Crippen LogP contribution in [0.15, 0.2) is 77.7 Å². The minimum atomic E-state index is -3.78. The molecule has 174 valence electrons. The summed E-state index contributed by atoms with van der Waals surface area (Å²) >= 11 is 0. The van der Waals surface area contributed by atoms with Gasteiger partial charge in [-0.2, -0.15) is 0 Å². The van der Waals surface area contributed by atoms with Crippen LogP contribution in [0.1, 0.15) is 26.3 Å². The Morgan fingerprint density at radius 3 is 2.18 bits per heavy atom. The molecule has 0 aliphatic carbocycles. The molecule has 0 radical (unpaired) electrons. The molecule has 3 aromatic carbocycles. The van der Waals surface area contributed by atoms with Crippen LogP contribution in [0, 0.1) is 0 Å². The average molecular weight is 469 g/mol. The summed E-state index contributed by atoms with van der Waals surface area (Å²) in [6, 6.07) is 20.2. The van der Waals surface area contributed by atoms with Crippen molar-refractivity contribution in [2.75, 3.05) is 16.6 Å². The third-order valence-corrected chi connectivity index (χ3v) is 6.27. The number of aryl methyl sites for hydroxylation is 1. The zero-order valence-electron chi connectivity index (χ0n) is 18.9. The van der Waals surface area contributed by atoms with Crippen molar-refractivity contribution in [3.63, 3.8) is 0 Å². The molecule has 2 N–H and O–H groups in total. The van der Waals surface area contributed by atoms with Crippen LogP contribution in [0.4, 0.5) is 11.4 Å². The predicted molar refractivity (Wildman–Crippen MR) is 129 cm³/mol. The van der Waals surface area contributed by atoms with E-state index in [-0.39, 0.29) is 10.8 Å². The van der Waals surface area contributed by atoms with Gasteiger partial charge in [-0.25, -0.2) is 8.42 Å². The Balaban J connectivity index is 1.62. The highest BCUT2D eigenvalue weighted by molar-refractivity contribution is 7.92. The Hall–Kier alpha value is -3.52. The van der Waals surface area contributed by atoms with Gasteiger partial charge in [-0.3, -0.25) is 9.52 Å². The third-order valence-electron chi connectivity index (χ3n) is 4.88. The minimum Gasteiger partial charge on any atom is -0.494 e. The van der Waals surface area contributed by atoms with Crippen LogP contribution in [-0.4, -0.2) is 27.0 Å². The summed E-state index contributed by atoms with van der Waals surface area (Å²) in [5, 5.41) is 2.75. The highest BCUT2D eigenvalue weighted by atomic mass is 32.2. The molecule has 8 heteroatoms. The van der Waals surface area contributed by atoms with Gasteiger partial charge in [0.25, 0.3) is 15.9 Å². The summed E-state index contributed by atoms with van der Waals surface area (Å²) in [4.78, 5) is 12.6. The summed E-state index contributed by atoms with van der Waals surface area (Å²) < 4.78 is 39.0. The topological polar surface area (TPSA) is 93.7 Å². The number of sulfonamides is 1. The molecule has 0 bridgehead atoms. The number of carbonyl (C=O) groups is 1. The van der Waals surface area contributed by atoms with Crippen molar-refractivity contribution < 1.29 is 22.7 Å². The average Bonchev–Trinajstić information content (AvgIpc) is 2.81. The first-order valence-electron chi connectivity index (χ1n) is 10.7. The standard InChI is InChI=1S/C25H28N2O5S/c1-4-19-8-6-7-9-24(19)32-18(3)25(28)26-20-12-16-23(17-13-20)33(29,30)27-21-10-14-22(15-11-21)31-5-2/h6-18,27H,4-5H2,1-3H3,(H,26,28)/t18-/m1/s1. The van der Waals surface area contributed by atoms with E-state index in [4.69, 9.17) is 9.47 Å². The first-order valence-corrected chi connectivity index (χ1v) is 12.2. The number of carbonyl (C=O) groups excluding carboxylic acids is 1. The van der Waals surface area contributed by atoms with Crippen molar-refractivity contribution in [1.82, 2.24) is 0 Å². The molecule has 1 amide bonds. The van der Waals surface area contributed by atoms with Gasteiger partial charge in [0, 0.05) is 11.4 Å². The van der Waals surface area contributed by atoms with Crippen LogP contribution < -0.4 is 19.5 Å². The Morgan fingerprint density at radius 2 is 1.55 bits per heavy atom. The number of anilines is 2. The normalized spacial score (nSPS) is 12.0. The lowest BCUT2D eigenvalue weighted by molar-refractivity contribution is -0.122. The highest BCUT2D eigenvalue weighted by Gasteiger charge is 2.18. The maximum atomic E-state index is 12.7. The van der Waals surface area contributed by atoms with E-state index in [9.17, 15) is 13.2 Å². The van der Waals surface area contributed by atoms with Crippen LogP contribution in [0.5, 0.6) is 11.5 Å². The maximum absolute atomic E-state index is 12.7. The van der Waals surface area contributed by atoms with Crippen molar-refractivity contribution in [1.29, 1.82) is 0 Å². The van der Waals surface area contributed by atoms with E-state index in [1.807, 2.05) is 38.1 Å². The van der Waals surface area contributed by atoms with Crippen molar-refractivity contribution >= 4 is 27.3 Å². The molecule has 0 heterocycles. The molecule has 0 fully saturated rings. The van der Waals surface area contributed by atoms with Crippen LogP contribution in [0.2, 0.25) is 0 Å². The number of hydrogen-bond acceptors (Lipinski definition) is 5. The molecule has 3 rings (SSSR count). The SMILES string of the molecule is CCOc1ccc(NS(=O)(=O)c2ccc(NC(=O)[C@@H](C)Oc3ccccc3CC)cc2)cc1. The molecule has 0 unspecified atom stereocenters. The number of hydrogen-bond donors (Lipinski definition) is 2. The van der Waals surface area contributed by atoms with Crippen LogP contribution in [0.3, 0.4) is 0 Å². The Bertz CT molecular complexity index is 1180. The summed E-state index contributed by atoms with van der Waals surface area (Å²) in [5.74, 6) is 1.01. The number of amides is 1. The van der Waals surface area contributed by atoms with Crippen LogP contribution >= 0.6 is 0 Å². The molecular formula is C25H28N2O5S. The Labute approximate surface area is 194 Å². The lowest BCUT2D eigenvalue weighted by atomic mass is 10.1. The van der Waals surface area contributed by atoms with E-state index < -0.39 is 16.1 Å². The zero-order chi connectivity index (χ0) is 23.8. The number of nitrogens with one attached hydrogen (secondary N) is 2. The summed E-state index contributed by atoms with van der Waals surface area (Å²) in [7, 11) is -3.78. The number of rotatable bonds is 10. The van der Waals surface area contributed by atoms with E-state index in [1.54, 1.807) is 31.2 Å². The van der Waals surface area contributed by atoms with Crippen LogP contribution in [-0.2, 0) is 21.2 Å². The van der Waals surface area contributed by atoms with Gasteiger partial charge in [-0.05, 0) is 80.4 Å². The number of para-hydroxylation sites is 1. The summed E-state index contributed by atoms with van der Waals surface area (Å²) in [5.41, 5.74) is 1.92. The molecule has 0 aromatic heterocycles. The van der Waals surface area contributed by atoms with Gasteiger partial charge in [0.05, 0.1) is 11.5 Å². The van der Waals surface area contributed by atoms with Crippen LogP contribution in [0.25, 0.3) is 0 Å². The lowest BCUT2D eigenvalue weighted by Gasteiger charge is -2.17. The van der Waals surface area contributed by atoms with E-state index in [0.717, 1.165) is 12.0 Å². The first-order chi connectivity index (χ1) is 15.8. The number of benzene rings is 3. The molecule has 7 nitrogen and oxygen atoms in total. The van der Waals surface area contributed by atoms with E-state index >= 15 is 0 Å². The van der Waals surface area contributed by atoms with Gasteiger partial charge >= 0.3 is 0 Å². The van der Waals surface area contributed by atoms with Gasteiger partial charge < -0.3 is 14.8 Å². The molecule has 3 aromatic rings. The quantitative estimate of drug-likeness (QED) is 0.443. The van der Waals surface area contributed by atoms with Crippen molar-refractivity contribution in [3.8, 4) is 11.5 Å². The lowest BCUT2D eigenvalue weighted by Crippen LogP contribution is -2.30. The zero-order valence-corrected chi connectivity index (χ0v) is 19.7. The second kappa shape index (κ2) is 10.9. The predicted octanol–water partition coefficient (Wildman–Crippen LogP) is 4.85. The van der Waals surface area contributed by atoms with Gasteiger partial charge in [-0.15, -0.1) is 0 Å². The fourth-order valence-electron chi connectivity index (χ4n) is 3.12. The maximum Gasteiger partial charge on any atom is 0.265 e. The first kappa shape index (κ1) is 24.1. The smallest absolute Gasteiger partial charge is 0.265 e. The second-order valence-electron chi connectivity index (χ2n) is 7.30. The summed E-state index contributed by atoms with van der Waals surface area (Å²) in [6.45, 7) is 6.10. The monoisotopic (exact) mass is 468 g/mol. The molecule has 0 aliphatic rings. The molecule has 0 aliphatic heterocycles. The van der Waals surface area contributed by atoms with Crippen molar-refractivity contribution in [3.05, 3.63) is 78.4 Å². The van der Waals surface area contributed by atoms with Crippen molar-refractivity contribution in [2.24, 2.45) is 0 Å². The fourth-order valence-corrected chi connectivity index (χ4v) is 4.17. The molecule has 0 saturated heterocycles. The van der Waals surface area contributed by atoms with Gasteiger partial charge in [-0.1, -0.05) is 25.1 Å². The molecule has 33 heavy (non-hydrogen) atoms. The molecule has 1 atom stereocenters. The van der Waals surface area contributed by atoms with Crippen molar-refractivity contribution in [2.45, 2.75) is 38.2 Å². The fraction of sp³-hybridized carbons (Fsp3) is 0.240. The summed E-state index contributed by atoms with van der Waals surface area (Å²) in [6.07, 6.45) is 0.0768. The van der Waals surface area contributed by atoms with Gasteiger partial charge in [0.15, 0.2) is 6.10 Å². The Morgan fingerprint density at radius 1 is 0.909 bits per heavy atom. The van der Waals surface area contributed by atoms with E-state index in [1.165, 1.54) is 24.3 Å². The molecular weight excluding hydrogens is 440 g/mol. The number of ether oxygens (including phenoxy) is 2. The van der Waals surface area contributed by atoms with E-state index in [0.29, 0.717) is 29.5 Å². The minimum absolute atomic E-state index is 0.0792.